The maximum absolute atomic E-state index is 14.5. The quantitative estimate of drug-likeness (QED) is 0.0514. The number of likely N-dealkylation sites (N-methyl/N-ethyl adjacent to an activating group) is 1. The maximum atomic E-state index is 14.5. The third-order valence-electron chi connectivity index (χ3n) is 14.3. The molecule has 1 saturated heterocycles. The molecule has 2 aliphatic rings. The van der Waals surface area contributed by atoms with Crippen LogP contribution in [0.15, 0.2) is 41.8 Å². The zero-order valence-corrected chi connectivity index (χ0v) is 44.4. The van der Waals surface area contributed by atoms with Crippen LogP contribution in [-0.4, -0.2) is 136 Å². The van der Waals surface area contributed by atoms with Gasteiger partial charge in [0.15, 0.2) is 17.7 Å². The zero-order valence-electron chi connectivity index (χ0n) is 43.6. The summed E-state index contributed by atoms with van der Waals surface area (Å²) in [4.78, 5) is 125. The molecule has 1 aromatic heterocycles. The monoisotopic (exact) mass is 1020 g/mol. The summed E-state index contributed by atoms with van der Waals surface area (Å²) in [6.07, 6.45) is 5.89. The molecule has 19 heteroatoms. The highest BCUT2D eigenvalue weighted by atomic mass is 32.1. The van der Waals surface area contributed by atoms with Crippen molar-refractivity contribution in [3.8, 4) is 0 Å². The Hall–Kier alpha value is -5.82. The lowest BCUT2D eigenvalue weighted by atomic mass is 9.80. The molecule has 7 atom stereocenters. The largest absolute Gasteiger partial charge is 0.481 e. The molecule has 0 spiro atoms. The molecule has 2 aromatic rings. The number of hydrogen-bond donors (Lipinski definition) is 4. The van der Waals surface area contributed by atoms with Crippen molar-refractivity contribution >= 4 is 64.5 Å². The molecule has 18 nitrogen and oxygen atoms in total. The Morgan fingerprint density at radius 3 is 2.19 bits per heavy atom. The summed E-state index contributed by atoms with van der Waals surface area (Å²) >= 11 is 1.13. The first-order chi connectivity index (χ1) is 34.1. The van der Waals surface area contributed by atoms with Gasteiger partial charge in [-0.2, -0.15) is 0 Å². The smallest absolute Gasteiger partial charge is 0.407 e. The molecular weight excluding hydrogens is 943 g/mol. The number of alkyl carbamates (subject to hydrolysis) is 1. The number of nitrogens with one attached hydrogen (secondary N) is 3. The van der Waals surface area contributed by atoms with Crippen molar-refractivity contribution < 1.29 is 53.0 Å². The van der Waals surface area contributed by atoms with Crippen LogP contribution in [0.1, 0.15) is 145 Å². The molecule has 0 aliphatic carbocycles. The van der Waals surface area contributed by atoms with E-state index >= 15 is 0 Å². The van der Waals surface area contributed by atoms with Crippen molar-refractivity contribution in [3.63, 3.8) is 0 Å². The van der Waals surface area contributed by atoms with E-state index in [2.05, 4.69) is 25.8 Å². The van der Waals surface area contributed by atoms with Crippen molar-refractivity contribution in [3.05, 3.63) is 63.6 Å². The minimum atomic E-state index is -1.02. The number of Topliss-reactive ketones (excluding diaryl/α,β-unsaturated/α-hetero) is 2. The number of unbranched alkanes of at least 4 members (excludes halogenated alkanes) is 2. The van der Waals surface area contributed by atoms with Gasteiger partial charge in [-0.05, 0) is 88.9 Å². The number of carbonyl (C=O) groups excluding carboxylic acids is 8. The molecule has 4 N–H and O–H groups in total. The summed E-state index contributed by atoms with van der Waals surface area (Å²) in [5, 5.41) is 20.0. The SMILES string of the molecule is CCNC(=O)O[C@H](C[C@H](C(C)C)N(C)C(=O)[C@@H](CC(=O)[C@@]1(C)CCCN1C)[C@@H](C)CC)c1nc(C(=O)N[C@@H](Cc2ccc(CC(=O)CNC(=O)CCCCCN3C(=O)C=CC3=O)cc2)C[C@H](C)C(=O)O)cs1. The van der Waals surface area contributed by atoms with Gasteiger partial charge in [-0.15, -0.1) is 11.3 Å². The van der Waals surface area contributed by atoms with E-state index in [9.17, 15) is 48.3 Å². The molecule has 0 unspecified atom stereocenters. The second-order valence-electron chi connectivity index (χ2n) is 20.0. The number of carboxylic acids is 1. The topological polar surface area (TPSA) is 242 Å². The second-order valence-corrected chi connectivity index (χ2v) is 20.9. The predicted molar refractivity (Wildman–Crippen MR) is 273 cm³/mol. The number of nitrogens with zero attached hydrogens (tertiary/aromatic N) is 4. The Kier molecular flexibility index (Phi) is 22.7. The van der Waals surface area contributed by atoms with E-state index in [0.29, 0.717) is 49.3 Å². The van der Waals surface area contributed by atoms with E-state index < -0.39 is 53.5 Å². The molecule has 396 valence electrons. The lowest BCUT2D eigenvalue weighted by molar-refractivity contribution is -0.144. The summed E-state index contributed by atoms with van der Waals surface area (Å²) in [5.41, 5.74) is 0.914. The van der Waals surface area contributed by atoms with Crippen LogP contribution < -0.4 is 16.0 Å². The van der Waals surface area contributed by atoms with Crippen LogP contribution in [0.4, 0.5) is 4.79 Å². The minimum absolute atomic E-state index is 0.0466. The Morgan fingerprint density at radius 2 is 1.60 bits per heavy atom. The first kappa shape index (κ1) is 58.7. The third kappa shape index (κ3) is 16.9. The van der Waals surface area contributed by atoms with Gasteiger partial charge in [0.2, 0.25) is 11.8 Å². The number of thiazole rings is 1. The lowest BCUT2D eigenvalue weighted by Gasteiger charge is -2.38. The lowest BCUT2D eigenvalue weighted by Crippen LogP contribution is -2.50. The fourth-order valence-corrected chi connectivity index (χ4v) is 10.1. The molecule has 1 fully saturated rings. The van der Waals surface area contributed by atoms with Gasteiger partial charge in [0, 0.05) is 81.4 Å². The summed E-state index contributed by atoms with van der Waals surface area (Å²) in [6.45, 7) is 14.5. The van der Waals surface area contributed by atoms with Crippen LogP contribution in [0.5, 0.6) is 0 Å². The number of aliphatic carboxylic acids is 1. The van der Waals surface area contributed by atoms with Gasteiger partial charge in [-0.3, -0.25) is 48.2 Å². The van der Waals surface area contributed by atoms with E-state index in [1.165, 1.54) is 12.2 Å². The molecule has 0 radical (unpaired) electrons. The number of ether oxygens (including phenoxy) is 1. The first-order valence-corrected chi connectivity index (χ1v) is 26.3. The Bertz CT molecular complexity index is 2250. The first-order valence-electron chi connectivity index (χ1n) is 25.4. The fraction of sp³-hybridized carbons (Fsp3) is 0.623. The Balaban J connectivity index is 1.40. The third-order valence-corrected chi connectivity index (χ3v) is 15.2. The Labute approximate surface area is 428 Å². The number of amides is 6. The van der Waals surface area contributed by atoms with E-state index in [-0.39, 0.29) is 97.8 Å². The van der Waals surface area contributed by atoms with E-state index in [1.807, 2.05) is 41.7 Å². The summed E-state index contributed by atoms with van der Waals surface area (Å²) in [6, 6.07) is 6.08. The highest BCUT2D eigenvalue weighted by Gasteiger charge is 2.44. The second kappa shape index (κ2) is 27.9. The van der Waals surface area contributed by atoms with E-state index in [0.717, 1.165) is 41.2 Å². The number of imide groups is 1. The average Bonchev–Trinajstić information content (AvgIpc) is 4.06. The van der Waals surface area contributed by atoms with Crippen molar-refractivity contribution in [1.29, 1.82) is 0 Å². The average molecular weight is 1020 g/mol. The van der Waals surface area contributed by atoms with Crippen LogP contribution in [-0.2, 0) is 51.1 Å². The van der Waals surface area contributed by atoms with E-state index in [1.54, 1.807) is 55.4 Å². The molecular formula is C53H77N7O11S. The Morgan fingerprint density at radius 1 is 0.931 bits per heavy atom. The normalized spacial score (nSPS) is 18.3. The number of rotatable bonds is 30. The number of hydrogen-bond acceptors (Lipinski definition) is 13. The van der Waals surface area contributed by atoms with Gasteiger partial charge >= 0.3 is 12.1 Å². The molecule has 1 aromatic carbocycles. The van der Waals surface area contributed by atoms with Crippen LogP contribution in [0.3, 0.4) is 0 Å². The molecule has 2 aliphatic heterocycles. The highest BCUT2D eigenvalue weighted by Crippen LogP contribution is 2.35. The molecule has 72 heavy (non-hydrogen) atoms. The van der Waals surface area contributed by atoms with Gasteiger partial charge in [-0.25, -0.2) is 9.78 Å². The van der Waals surface area contributed by atoms with Gasteiger partial charge in [0.05, 0.1) is 18.0 Å². The number of likely N-dealkylation sites (tertiary alicyclic amines) is 1. The number of benzene rings is 1. The van der Waals surface area contributed by atoms with Gasteiger partial charge in [-0.1, -0.05) is 71.7 Å². The number of carbonyl (C=O) groups is 9. The van der Waals surface area contributed by atoms with Crippen molar-refractivity contribution in [2.24, 2.45) is 23.7 Å². The van der Waals surface area contributed by atoms with Crippen LogP contribution in [0, 0.1) is 23.7 Å². The standard InChI is InChI=1S/C53H77N7O11S/c1-10-34(5)40(29-44(62)53(7)23-15-24-58(53)8)50(67)59(9)42(33(3)4)30-43(71-52(70)54-11-2)49-57-41(32-72-49)48(66)56-38(26-35(6)51(68)69)27-36-17-19-37(20-18-36)28-39(61)31-55-45(63)16-13-12-14-25-60-46(64)21-22-47(60)65/h17-22,32-35,38,40,42-43H,10-16,23-31H2,1-9H3,(H,54,70)(H,55,63)(H,56,66)(H,68,69)/t34-,35-,38+,40-,42+,43+,53+/m0/s1. The summed E-state index contributed by atoms with van der Waals surface area (Å²) < 4.78 is 5.95. The van der Waals surface area contributed by atoms with Gasteiger partial charge < -0.3 is 30.7 Å². The van der Waals surface area contributed by atoms with Crippen LogP contribution in [0.2, 0.25) is 0 Å². The number of carboxylic acid groups (broad SMARTS) is 1. The zero-order chi connectivity index (χ0) is 53.3. The minimum Gasteiger partial charge on any atom is -0.481 e. The van der Waals surface area contributed by atoms with Crippen molar-refractivity contribution in [2.45, 2.75) is 149 Å². The molecule has 3 heterocycles. The summed E-state index contributed by atoms with van der Waals surface area (Å²) in [7, 11) is 3.68. The van der Waals surface area contributed by atoms with Crippen molar-refractivity contribution in [1.82, 2.24) is 35.6 Å². The predicted octanol–water partition coefficient (Wildman–Crippen LogP) is 6.07. The molecule has 0 bridgehead atoms. The van der Waals surface area contributed by atoms with Gasteiger partial charge in [0.25, 0.3) is 17.7 Å². The van der Waals surface area contributed by atoms with E-state index in [4.69, 9.17) is 4.74 Å². The number of ketones is 2. The summed E-state index contributed by atoms with van der Waals surface area (Å²) in [5.74, 6) is -4.34. The van der Waals surface area contributed by atoms with Crippen molar-refractivity contribution in [2.75, 3.05) is 40.3 Å². The number of aromatic nitrogens is 1. The van der Waals surface area contributed by atoms with Gasteiger partial charge in [0.1, 0.15) is 10.7 Å². The molecule has 6 amide bonds. The molecule has 0 saturated carbocycles. The molecule has 4 rings (SSSR count). The van der Waals surface area contributed by atoms with Crippen LogP contribution in [0.25, 0.3) is 0 Å². The fourth-order valence-electron chi connectivity index (χ4n) is 9.28. The highest BCUT2D eigenvalue weighted by molar-refractivity contribution is 7.09. The maximum Gasteiger partial charge on any atom is 0.407 e. The van der Waals surface area contributed by atoms with Crippen LogP contribution >= 0.6 is 11.3 Å².